The number of phenols is 2. The summed E-state index contributed by atoms with van der Waals surface area (Å²) in [6.07, 6.45) is 3.44. The number of nitrogens with zero attached hydrogens (tertiary/aromatic N) is 9. The number of benzene rings is 2. The van der Waals surface area contributed by atoms with Crippen LogP contribution in [0.2, 0.25) is 0 Å². The third-order valence-electron chi connectivity index (χ3n) is 16.3. The Hall–Kier alpha value is -6.68. The van der Waals surface area contributed by atoms with E-state index in [2.05, 4.69) is 41.7 Å². The zero-order valence-electron chi connectivity index (χ0n) is 54.3. The first kappa shape index (κ1) is 79.8. The molecule has 2 fully saturated rings. The molecule has 0 spiro atoms. The van der Waals surface area contributed by atoms with E-state index in [-0.39, 0.29) is 183 Å². The van der Waals surface area contributed by atoms with E-state index in [1.54, 1.807) is 42.1 Å². The maximum atomic E-state index is 14.3. The van der Waals surface area contributed by atoms with E-state index in [0.29, 0.717) is 114 Å². The standard InChI is InChI=1S/C62H99N17O14.Lu/c1-4-66-62(93)58-72-71-57(46-35-45(42(2)3)50(80)36-51(46)81)79(58)44-16-14-43(15-17-44)37-73-31-33-78(34-32-73)53(83)18-22-67-59(90)47(11-5-8-19-63)69-61(92)49(13-7-10-21-65)70-60(91)48(12-6-9-20-64)68-52(82)38-74-23-25-75(39-54(84)85)27-29-77(41-56(88)89)30-28-76(26-24-74)40-55(86)87;/h14-17,35-36,42,47-49,80-81H,4-13,18-34,37-41,63-65H2,1-3H3,(H,66,93)(H,67,90)(H,68,82)(H,69,92)(H,70,91)(H,84,85)(H,86,87)(H,88,89);/t47-,48-,49-;/m1./s1. The predicted molar refractivity (Wildman–Crippen MR) is 345 cm³/mol. The van der Waals surface area contributed by atoms with Gasteiger partial charge in [-0.25, -0.2) is 0 Å². The van der Waals surface area contributed by atoms with Crippen molar-refractivity contribution < 1.29 is 106 Å². The van der Waals surface area contributed by atoms with Gasteiger partial charge in [-0.2, -0.15) is 0 Å². The van der Waals surface area contributed by atoms with Gasteiger partial charge in [0.15, 0.2) is 5.82 Å². The molecule has 32 heteroatoms. The molecule has 94 heavy (non-hydrogen) atoms. The first-order valence-electron chi connectivity index (χ1n) is 32.3. The van der Waals surface area contributed by atoms with Gasteiger partial charge in [0, 0.05) is 153 Å². The number of carboxylic acids is 3. The number of aromatic nitrogens is 3. The molecule has 1 radical (unpaired) electrons. The summed E-state index contributed by atoms with van der Waals surface area (Å²) in [5.41, 5.74) is 19.9. The summed E-state index contributed by atoms with van der Waals surface area (Å²) in [6, 6.07) is 7.06. The molecule has 2 saturated heterocycles. The van der Waals surface area contributed by atoms with Crippen LogP contribution in [-0.2, 0) is 44.9 Å². The van der Waals surface area contributed by atoms with Crippen LogP contribution in [0, 0.1) is 36.9 Å². The maximum absolute atomic E-state index is 14.3. The van der Waals surface area contributed by atoms with Crippen LogP contribution in [0.25, 0.3) is 17.1 Å². The summed E-state index contributed by atoms with van der Waals surface area (Å²) in [6.45, 7) is 9.63. The summed E-state index contributed by atoms with van der Waals surface area (Å²) in [5.74, 6) is -6.43. The van der Waals surface area contributed by atoms with Gasteiger partial charge in [-0.05, 0) is 120 Å². The van der Waals surface area contributed by atoms with E-state index in [4.69, 9.17) is 17.2 Å². The Labute approximate surface area is 578 Å². The molecule has 2 aliphatic rings. The molecule has 1 aromatic heterocycles. The van der Waals surface area contributed by atoms with Crippen LogP contribution < -0.4 is 43.8 Å². The number of carboxylic acid groups (broad SMARTS) is 3. The third kappa shape index (κ3) is 26.8. The fourth-order valence-electron chi connectivity index (χ4n) is 11.1. The number of unbranched alkanes of at least 4 members (excludes halogenated alkanes) is 3. The molecule has 16 N–H and O–H groups in total. The van der Waals surface area contributed by atoms with Crippen molar-refractivity contribution in [1.82, 2.24) is 70.7 Å². The number of hydrogen-bond acceptors (Lipinski definition) is 21. The number of piperazine rings is 1. The largest absolute Gasteiger partial charge is 0.508 e. The SMILES string of the molecule is CCNC(=O)c1nnc(-c2cc(C(C)C)c(O)cc2O)n1-c1ccc(CN2CCN(C(=O)CCNC(=O)[C@@H](CCCCN)NC(=O)[C@@H](CCCCN)NC(=O)[C@@H](CCCCN)NC(=O)CN3CCN(CC(=O)O)CCN(CC(=O)O)CCN(CC(=O)O)CC3)CC2)cc1.[Lu]. The van der Waals surface area contributed by atoms with Crippen LogP contribution in [-0.4, -0.2) is 279 Å². The normalized spacial score (nSPS) is 15.9. The molecule has 531 valence electrons. The monoisotopic (exact) mass is 1480 g/mol. The predicted octanol–water partition coefficient (Wildman–Crippen LogP) is -1.31. The van der Waals surface area contributed by atoms with Gasteiger partial charge in [-0.3, -0.25) is 72.2 Å². The number of aliphatic carboxylic acids is 3. The molecule has 0 aliphatic carbocycles. The fourth-order valence-corrected chi connectivity index (χ4v) is 11.1. The van der Waals surface area contributed by atoms with Crippen LogP contribution in [0.4, 0.5) is 0 Å². The van der Waals surface area contributed by atoms with Gasteiger partial charge in [-0.15, -0.1) is 10.2 Å². The Morgan fingerprint density at radius 3 is 1.44 bits per heavy atom. The topological polar surface area (TPSA) is 443 Å². The smallest absolute Gasteiger partial charge is 0.317 e. The van der Waals surface area contributed by atoms with Crippen molar-refractivity contribution in [2.75, 3.05) is 137 Å². The summed E-state index contributed by atoms with van der Waals surface area (Å²) in [5, 5.41) is 72.9. The zero-order valence-corrected chi connectivity index (χ0v) is 56.0. The molecule has 0 bridgehead atoms. The van der Waals surface area contributed by atoms with Gasteiger partial charge in [-0.1, -0.05) is 26.0 Å². The molecular formula is C62H99LuN17O14. The van der Waals surface area contributed by atoms with E-state index < -0.39 is 65.6 Å². The van der Waals surface area contributed by atoms with E-state index in [0.717, 1.165) is 5.56 Å². The second-order valence-corrected chi connectivity index (χ2v) is 23.9. The average Bonchev–Trinajstić information content (AvgIpc) is 1.55. The number of carbonyl (C=O) groups is 9. The molecule has 5 rings (SSSR count). The Morgan fingerprint density at radius 2 is 0.989 bits per heavy atom. The molecule has 3 heterocycles. The van der Waals surface area contributed by atoms with Crippen molar-refractivity contribution in [2.45, 2.75) is 116 Å². The van der Waals surface area contributed by atoms with Crippen molar-refractivity contribution in [3.8, 4) is 28.6 Å². The van der Waals surface area contributed by atoms with E-state index >= 15 is 0 Å². The van der Waals surface area contributed by atoms with E-state index in [1.165, 1.54) is 6.07 Å². The zero-order chi connectivity index (χ0) is 68.0. The number of carbonyl (C=O) groups excluding carboxylic acids is 6. The Balaban J connectivity index is 0.0000188. The van der Waals surface area contributed by atoms with Gasteiger partial charge in [0.1, 0.15) is 29.6 Å². The summed E-state index contributed by atoms with van der Waals surface area (Å²) >= 11 is 0. The van der Waals surface area contributed by atoms with Gasteiger partial charge in [0.2, 0.25) is 35.4 Å². The minimum atomic E-state index is -1.15. The number of hydrogen-bond donors (Lipinski definition) is 13. The summed E-state index contributed by atoms with van der Waals surface area (Å²) < 4.78 is 1.57. The molecular weight excluding hydrogens is 1380 g/mol. The number of aromatic hydroxyl groups is 2. The maximum Gasteiger partial charge on any atom is 0.317 e. The number of rotatable bonds is 36. The quantitative estimate of drug-likeness (QED) is 0.0301. The number of nitrogens with two attached hydrogens (primary N) is 3. The van der Waals surface area contributed by atoms with E-state index in [9.17, 15) is 68.7 Å². The minimum absolute atomic E-state index is 0. The fraction of sp³-hybridized carbons (Fsp3) is 0.629. The first-order chi connectivity index (χ1) is 44.5. The van der Waals surface area contributed by atoms with Gasteiger partial charge >= 0.3 is 17.9 Å². The van der Waals surface area contributed by atoms with Crippen molar-refractivity contribution in [3.63, 3.8) is 0 Å². The van der Waals surface area contributed by atoms with Crippen molar-refractivity contribution in [2.24, 2.45) is 17.2 Å². The summed E-state index contributed by atoms with van der Waals surface area (Å²) in [4.78, 5) is 129. The van der Waals surface area contributed by atoms with Crippen LogP contribution in [0.1, 0.15) is 113 Å². The van der Waals surface area contributed by atoms with Crippen molar-refractivity contribution in [3.05, 3.63) is 53.3 Å². The molecule has 3 atom stereocenters. The van der Waals surface area contributed by atoms with Crippen LogP contribution in [0.5, 0.6) is 11.5 Å². The second kappa shape index (κ2) is 42.0. The van der Waals surface area contributed by atoms with Gasteiger partial charge in [0.05, 0.1) is 31.7 Å². The summed E-state index contributed by atoms with van der Waals surface area (Å²) in [7, 11) is 0. The molecule has 2 aliphatic heterocycles. The molecule has 0 saturated carbocycles. The Bertz CT molecular complexity index is 2900. The number of nitrogens with one attached hydrogen (secondary N) is 5. The van der Waals surface area contributed by atoms with Gasteiger partial charge in [0.25, 0.3) is 5.91 Å². The third-order valence-corrected chi connectivity index (χ3v) is 16.3. The average molecular weight is 1480 g/mol. The number of phenolic OH excluding ortho intramolecular Hbond substituents is 2. The Kier molecular flexibility index (Phi) is 35.6. The second-order valence-electron chi connectivity index (χ2n) is 23.9. The molecule has 31 nitrogen and oxygen atoms in total. The van der Waals surface area contributed by atoms with Gasteiger partial charge < -0.3 is 74.2 Å². The van der Waals surface area contributed by atoms with Crippen LogP contribution in [0.3, 0.4) is 0 Å². The van der Waals surface area contributed by atoms with Crippen LogP contribution in [0.15, 0.2) is 36.4 Å². The van der Waals surface area contributed by atoms with Crippen molar-refractivity contribution >= 4 is 53.4 Å². The van der Waals surface area contributed by atoms with Crippen LogP contribution >= 0.6 is 0 Å². The number of amides is 6. The molecule has 6 amide bonds. The van der Waals surface area contributed by atoms with Crippen molar-refractivity contribution in [1.29, 1.82) is 0 Å². The Morgan fingerprint density at radius 1 is 0.543 bits per heavy atom. The first-order valence-corrected chi connectivity index (χ1v) is 32.3. The molecule has 3 aromatic rings. The molecule has 2 aromatic carbocycles. The van der Waals surface area contributed by atoms with E-state index in [1.807, 2.05) is 38.1 Å². The minimum Gasteiger partial charge on any atom is -0.508 e. The molecule has 0 unspecified atom stereocenters.